The minimum atomic E-state index is -0.951. The molecule has 1 aromatic carbocycles. The molecule has 0 saturated heterocycles. The maximum atomic E-state index is 11.2. The van der Waals surface area contributed by atoms with Gasteiger partial charge in [-0.3, -0.25) is 4.68 Å². The highest BCUT2D eigenvalue weighted by Crippen LogP contribution is 2.24. The zero-order valence-electron chi connectivity index (χ0n) is 10.4. The summed E-state index contributed by atoms with van der Waals surface area (Å²) in [5.41, 5.74) is 1.84. The lowest BCUT2D eigenvalue weighted by atomic mass is 10.1. The Morgan fingerprint density at radius 1 is 1.47 bits per heavy atom. The summed E-state index contributed by atoms with van der Waals surface area (Å²) < 4.78 is 2.32. The van der Waals surface area contributed by atoms with Crippen LogP contribution in [0.4, 0.5) is 5.69 Å². The number of anilines is 1. The molecule has 1 heterocycles. The molecule has 2 aromatic rings. The molecule has 0 amide bonds. The van der Waals surface area contributed by atoms with Gasteiger partial charge in [-0.05, 0) is 34.1 Å². The van der Waals surface area contributed by atoms with Gasteiger partial charge in [0.15, 0.2) is 0 Å². The van der Waals surface area contributed by atoms with Gasteiger partial charge >= 0.3 is 5.97 Å². The number of aromatic nitrogens is 2. The van der Waals surface area contributed by atoms with Crippen molar-refractivity contribution in [2.45, 2.75) is 6.42 Å². The number of hydrogen-bond acceptors (Lipinski definition) is 3. The molecule has 2 rings (SSSR count). The second-order valence-corrected chi connectivity index (χ2v) is 4.98. The second-order valence-electron chi connectivity index (χ2n) is 4.13. The van der Waals surface area contributed by atoms with Crippen molar-refractivity contribution in [1.82, 2.24) is 9.78 Å². The van der Waals surface area contributed by atoms with Crippen LogP contribution >= 0.6 is 15.9 Å². The molecular weight excluding hydrogens is 310 g/mol. The first-order valence-corrected chi connectivity index (χ1v) is 6.61. The van der Waals surface area contributed by atoms with E-state index in [-0.39, 0.29) is 5.56 Å². The summed E-state index contributed by atoms with van der Waals surface area (Å²) in [6.07, 6.45) is 2.63. The van der Waals surface area contributed by atoms with Crippen molar-refractivity contribution in [1.29, 1.82) is 0 Å². The Morgan fingerprint density at radius 3 is 2.89 bits per heavy atom. The van der Waals surface area contributed by atoms with E-state index in [1.165, 1.54) is 0 Å². The van der Waals surface area contributed by atoms with Crippen molar-refractivity contribution in [2.75, 3.05) is 11.9 Å². The zero-order valence-corrected chi connectivity index (χ0v) is 12.0. The molecule has 6 heteroatoms. The van der Waals surface area contributed by atoms with E-state index in [1.54, 1.807) is 22.9 Å². The smallest absolute Gasteiger partial charge is 0.338 e. The van der Waals surface area contributed by atoms with E-state index in [9.17, 15) is 9.90 Å². The van der Waals surface area contributed by atoms with Crippen molar-refractivity contribution < 1.29 is 9.90 Å². The van der Waals surface area contributed by atoms with Crippen LogP contribution in [-0.4, -0.2) is 27.4 Å². The number of nitrogens with one attached hydrogen (secondary N) is 1. The zero-order chi connectivity index (χ0) is 13.8. The van der Waals surface area contributed by atoms with Crippen LogP contribution in [0.5, 0.6) is 0 Å². The van der Waals surface area contributed by atoms with Gasteiger partial charge in [0, 0.05) is 36.4 Å². The number of nitrogens with zero attached hydrogens (tertiary/aromatic N) is 2. The molecule has 1 aromatic heterocycles. The SMILES string of the molecule is Cn1ccc(CCNc2cccc(Br)c2C(=O)O)n1. The average Bonchev–Trinajstić information content (AvgIpc) is 2.74. The molecule has 5 nitrogen and oxygen atoms in total. The van der Waals surface area contributed by atoms with Gasteiger partial charge in [-0.1, -0.05) is 6.07 Å². The average molecular weight is 324 g/mol. The predicted octanol–water partition coefficient (Wildman–Crippen LogP) is 2.54. The molecule has 0 radical (unpaired) electrons. The molecule has 0 fully saturated rings. The largest absolute Gasteiger partial charge is 0.478 e. The second kappa shape index (κ2) is 5.88. The molecule has 19 heavy (non-hydrogen) atoms. The van der Waals surface area contributed by atoms with E-state index in [0.717, 1.165) is 12.1 Å². The lowest BCUT2D eigenvalue weighted by Gasteiger charge is -2.10. The summed E-state index contributed by atoms with van der Waals surface area (Å²) >= 11 is 3.25. The normalized spacial score (nSPS) is 10.4. The molecule has 0 saturated carbocycles. The van der Waals surface area contributed by atoms with Gasteiger partial charge in [0.1, 0.15) is 0 Å². The minimum Gasteiger partial charge on any atom is -0.478 e. The summed E-state index contributed by atoms with van der Waals surface area (Å²) in [7, 11) is 1.87. The highest BCUT2D eigenvalue weighted by Gasteiger charge is 2.13. The summed E-state index contributed by atoms with van der Waals surface area (Å²) in [5.74, 6) is -0.951. The Morgan fingerprint density at radius 2 is 2.26 bits per heavy atom. The number of carbonyl (C=O) groups is 1. The first kappa shape index (κ1) is 13.6. The van der Waals surface area contributed by atoms with Gasteiger partial charge in [0.25, 0.3) is 0 Å². The quantitative estimate of drug-likeness (QED) is 0.887. The molecule has 0 bridgehead atoms. The molecule has 0 aliphatic rings. The molecule has 0 aliphatic carbocycles. The fraction of sp³-hybridized carbons (Fsp3) is 0.231. The highest BCUT2D eigenvalue weighted by atomic mass is 79.9. The monoisotopic (exact) mass is 323 g/mol. The Balaban J connectivity index is 2.03. The number of benzene rings is 1. The van der Waals surface area contributed by atoms with Gasteiger partial charge in [-0.25, -0.2) is 4.79 Å². The summed E-state index contributed by atoms with van der Waals surface area (Å²) in [6.45, 7) is 0.633. The number of carboxylic acid groups (broad SMARTS) is 1. The number of halogens is 1. The fourth-order valence-electron chi connectivity index (χ4n) is 1.81. The van der Waals surface area contributed by atoms with Gasteiger partial charge in [0.05, 0.1) is 11.3 Å². The molecule has 0 spiro atoms. The minimum absolute atomic E-state index is 0.253. The van der Waals surface area contributed by atoms with Crippen molar-refractivity contribution in [3.63, 3.8) is 0 Å². The van der Waals surface area contributed by atoms with Crippen LogP contribution in [0.15, 0.2) is 34.9 Å². The topological polar surface area (TPSA) is 67.2 Å². The molecule has 2 N–H and O–H groups in total. The lowest BCUT2D eigenvalue weighted by molar-refractivity contribution is 0.0697. The molecule has 100 valence electrons. The van der Waals surface area contributed by atoms with Crippen LogP contribution in [0, 0.1) is 0 Å². The number of hydrogen-bond donors (Lipinski definition) is 2. The van der Waals surface area contributed by atoms with E-state index in [2.05, 4.69) is 26.3 Å². The highest BCUT2D eigenvalue weighted by molar-refractivity contribution is 9.10. The molecular formula is C13H14BrN3O2. The van der Waals surface area contributed by atoms with E-state index >= 15 is 0 Å². The maximum Gasteiger partial charge on any atom is 0.338 e. The van der Waals surface area contributed by atoms with Crippen LogP contribution < -0.4 is 5.32 Å². The van der Waals surface area contributed by atoms with E-state index in [0.29, 0.717) is 16.7 Å². The van der Waals surface area contributed by atoms with Crippen molar-refractivity contribution in [3.05, 3.63) is 46.2 Å². The summed E-state index contributed by atoms with van der Waals surface area (Å²) in [4.78, 5) is 11.2. The van der Waals surface area contributed by atoms with Gasteiger partial charge in [0.2, 0.25) is 0 Å². The Bertz CT molecular complexity index is 595. The van der Waals surface area contributed by atoms with Crippen molar-refractivity contribution >= 4 is 27.6 Å². The van der Waals surface area contributed by atoms with Crippen molar-refractivity contribution in [2.24, 2.45) is 7.05 Å². The van der Waals surface area contributed by atoms with Gasteiger partial charge < -0.3 is 10.4 Å². The lowest BCUT2D eigenvalue weighted by Crippen LogP contribution is -2.10. The third kappa shape index (κ3) is 3.35. The molecule has 0 unspecified atom stereocenters. The molecule has 0 aliphatic heterocycles. The fourth-order valence-corrected chi connectivity index (χ4v) is 2.35. The summed E-state index contributed by atoms with van der Waals surface area (Å²) in [5, 5.41) is 16.6. The number of aromatic carboxylic acids is 1. The Labute approximate surface area is 119 Å². The van der Waals surface area contributed by atoms with Crippen LogP contribution in [0.1, 0.15) is 16.1 Å². The van der Waals surface area contributed by atoms with E-state index in [1.807, 2.05) is 19.3 Å². The number of carboxylic acids is 1. The number of aryl methyl sites for hydroxylation is 1. The van der Waals surface area contributed by atoms with Crippen molar-refractivity contribution in [3.8, 4) is 0 Å². The van der Waals surface area contributed by atoms with Crippen LogP contribution in [0.3, 0.4) is 0 Å². The van der Waals surface area contributed by atoms with E-state index in [4.69, 9.17) is 0 Å². The predicted molar refractivity (Wildman–Crippen MR) is 76.5 cm³/mol. The molecule has 0 atom stereocenters. The van der Waals surface area contributed by atoms with Crippen LogP contribution in [-0.2, 0) is 13.5 Å². The first-order chi connectivity index (χ1) is 9.08. The van der Waals surface area contributed by atoms with E-state index < -0.39 is 5.97 Å². The summed E-state index contributed by atoms with van der Waals surface area (Å²) in [6, 6.07) is 7.22. The van der Waals surface area contributed by atoms with Crippen LogP contribution in [0.2, 0.25) is 0 Å². The standard InChI is InChI=1S/C13H14BrN3O2/c1-17-8-6-9(16-17)5-7-15-11-4-2-3-10(14)12(11)13(18)19/h2-4,6,8,15H,5,7H2,1H3,(H,18,19). The van der Waals surface area contributed by atoms with Crippen LogP contribution in [0.25, 0.3) is 0 Å². The number of rotatable bonds is 5. The Kier molecular flexibility index (Phi) is 4.21. The maximum absolute atomic E-state index is 11.2. The first-order valence-electron chi connectivity index (χ1n) is 5.82. The van der Waals surface area contributed by atoms with Gasteiger partial charge in [-0.2, -0.15) is 5.10 Å². The Hall–Kier alpha value is -1.82. The third-order valence-corrected chi connectivity index (χ3v) is 3.35. The van der Waals surface area contributed by atoms with Gasteiger partial charge in [-0.15, -0.1) is 0 Å². The third-order valence-electron chi connectivity index (χ3n) is 2.69.